The number of hydrogen-bond donors (Lipinski definition) is 4. The number of nitrogens with two attached hydrogens (primary N) is 1. The molecule has 1 heterocycles. The first kappa shape index (κ1) is 27.9. The van der Waals surface area contributed by atoms with Crippen LogP contribution in [0.3, 0.4) is 0 Å². The first-order chi connectivity index (χ1) is 17.8. The van der Waals surface area contributed by atoms with Crippen LogP contribution in [0.15, 0.2) is 53.3 Å². The summed E-state index contributed by atoms with van der Waals surface area (Å²) in [5.74, 6) is 0.227. The lowest BCUT2D eigenvalue weighted by atomic mass is 9.69. The molecule has 0 amide bonds. The Kier molecular flexibility index (Phi) is 9.51. The number of halogens is 2. The highest BCUT2D eigenvalue weighted by molar-refractivity contribution is 7.80. The second kappa shape index (κ2) is 12.6. The van der Waals surface area contributed by atoms with Gasteiger partial charge in [0, 0.05) is 42.0 Å². The van der Waals surface area contributed by atoms with E-state index in [1.54, 1.807) is 6.07 Å². The van der Waals surface area contributed by atoms with E-state index in [1.165, 1.54) is 63.0 Å². The van der Waals surface area contributed by atoms with Crippen LogP contribution >= 0.6 is 24.2 Å². The van der Waals surface area contributed by atoms with Crippen molar-refractivity contribution in [2.24, 2.45) is 17.1 Å². The van der Waals surface area contributed by atoms with E-state index >= 15 is 0 Å². The minimum absolute atomic E-state index is 0.287. The highest BCUT2D eigenvalue weighted by Gasteiger charge is 2.39. The summed E-state index contributed by atoms with van der Waals surface area (Å²) in [6.45, 7) is 5.78. The number of anilines is 1. The fourth-order valence-electron chi connectivity index (χ4n) is 5.28. The van der Waals surface area contributed by atoms with Gasteiger partial charge in [-0.25, -0.2) is 4.39 Å². The van der Waals surface area contributed by atoms with E-state index in [9.17, 15) is 4.39 Å². The lowest BCUT2D eigenvalue weighted by molar-refractivity contribution is 0.0149. The number of allylic oxidation sites excluding steroid dienone is 2. The summed E-state index contributed by atoms with van der Waals surface area (Å²) >= 11 is 10.5. The van der Waals surface area contributed by atoms with E-state index in [-0.39, 0.29) is 5.56 Å². The minimum atomic E-state index is -0.413. The van der Waals surface area contributed by atoms with Crippen LogP contribution in [0, 0.1) is 17.2 Å². The molecule has 1 aromatic heterocycles. The zero-order chi connectivity index (χ0) is 26.4. The van der Waals surface area contributed by atoms with Crippen molar-refractivity contribution in [1.29, 1.82) is 0 Å². The van der Waals surface area contributed by atoms with E-state index in [0.717, 1.165) is 25.2 Å². The Morgan fingerprint density at radius 2 is 2.08 bits per heavy atom. The predicted octanol–water partition coefficient (Wildman–Crippen LogP) is 5.87. The van der Waals surface area contributed by atoms with Crippen LogP contribution < -0.4 is 16.4 Å². The summed E-state index contributed by atoms with van der Waals surface area (Å²) in [6.07, 6.45) is 12.9. The number of aromatic nitrogens is 2. The predicted molar refractivity (Wildman–Crippen MR) is 153 cm³/mol. The molecule has 0 aliphatic heterocycles. The minimum Gasteiger partial charge on any atom is -0.405 e. The van der Waals surface area contributed by atoms with E-state index in [0.29, 0.717) is 38.8 Å². The second-order valence-electron chi connectivity index (χ2n) is 10.7. The van der Waals surface area contributed by atoms with Gasteiger partial charge in [0.2, 0.25) is 0 Å². The van der Waals surface area contributed by atoms with Gasteiger partial charge in [0.25, 0.3) is 0 Å². The largest absolute Gasteiger partial charge is 0.405 e. The summed E-state index contributed by atoms with van der Waals surface area (Å²) in [6, 6.07) is 6.75. The molecule has 37 heavy (non-hydrogen) atoms. The first-order valence-electron chi connectivity index (χ1n) is 13.1. The summed E-state index contributed by atoms with van der Waals surface area (Å²) in [7, 11) is 2.03. The van der Waals surface area contributed by atoms with Crippen LogP contribution in [0.2, 0.25) is 5.02 Å². The quantitative estimate of drug-likeness (QED) is 0.198. The number of likely N-dealkylation sites (N-methyl/N-ethyl adjacent to an activating group) is 1. The average molecular weight is 545 g/mol. The zero-order valence-electron chi connectivity index (χ0n) is 21.7. The Balaban J connectivity index is 1.39. The molecule has 6 nitrogen and oxygen atoms in total. The third-order valence-corrected chi connectivity index (χ3v) is 8.29. The summed E-state index contributed by atoms with van der Waals surface area (Å²) in [4.78, 5) is 2.71. The molecular formula is C28H38ClFN6S. The van der Waals surface area contributed by atoms with Crippen LogP contribution in [-0.4, -0.2) is 47.8 Å². The van der Waals surface area contributed by atoms with Crippen molar-refractivity contribution in [3.05, 3.63) is 59.2 Å². The third-order valence-electron chi connectivity index (χ3n) is 7.73. The van der Waals surface area contributed by atoms with E-state index in [2.05, 4.69) is 51.4 Å². The van der Waals surface area contributed by atoms with Crippen LogP contribution in [-0.2, 0) is 0 Å². The molecule has 2 aliphatic carbocycles. The SMILES string of the molecule is CNCCN(CC1(C)CCC1)C1CC(C/C=C(\C=C/N)Nc2cc(-c3cc(Cl)ccc3F)nnc2S)C1. The van der Waals surface area contributed by atoms with Gasteiger partial charge in [-0.05, 0) is 87.0 Å². The summed E-state index contributed by atoms with van der Waals surface area (Å²) in [5, 5.41) is 15.7. The van der Waals surface area contributed by atoms with Crippen LogP contribution in [0.4, 0.5) is 10.1 Å². The smallest absolute Gasteiger partial charge is 0.139 e. The second-order valence-corrected chi connectivity index (χ2v) is 11.6. The molecule has 4 N–H and O–H groups in total. The number of nitrogens with one attached hydrogen (secondary N) is 2. The molecule has 2 aliphatic rings. The van der Waals surface area contributed by atoms with Crippen molar-refractivity contribution in [1.82, 2.24) is 20.4 Å². The Bertz CT molecular complexity index is 1130. The molecule has 0 bridgehead atoms. The molecule has 0 saturated heterocycles. The molecule has 0 spiro atoms. The number of rotatable bonds is 12. The Hall–Kier alpha value is -2.13. The number of nitrogens with zero attached hydrogens (tertiary/aromatic N) is 3. The Labute approximate surface area is 230 Å². The number of thiol groups is 1. The first-order valence-corrected chi connectivity index (χ1v) is 13.9. The highest BCUT2D eigenvalue weighted by atomic mass is 35.5. The van der Waals surface area contributed by atoms with Gasteiger partial charge < -0.3 is 16.4 Å². The normalized spacial score (nSPS) is 21.2. The van der Waals surface area contributed by atoms with Crippen molar-refractivity contribution >= 4 is 29.9 Å². The lowest BCUT2D eigenvalue weighted by Crippen LogP contribution is -2.51. The number of hydrogen-bond acceptors (Lipinski definition) is 7. The molecular weight excluding hydrogens is 507 g/mol. The van der Waals surface area contributed by atoms with Gasteiger partial charge in [-0.2, -0.15) is 0 Å². The van der Waals surface area contributed by atoms with Crippen LogP contribution in [0.5, 0.6) is 0 Å². The van der Waals surface area contributed by atoms with Gasteiger partial charge in [0.15, 0.2) is 0 Å². The van der Waals surface area contributed by atoms with Crippen molar-refractivity contribution in [2.75, 3.05) is 32.0 Å². The molecule has 4 rings (SSSR count). The van der Waals surface area contributed by atoms with Gasteiger partial charge in [-0.3, -0.25) is 4.90 Å². The molecule has 0 unspecified atom stereocenters. The lowest BCUT2D eigenvalue weighted by Gasteiger charge is -2.49. The molecule has 2 aromatic rings. The molecule has 9 heteroatoms. The highest BCUT2D eigenvalue weighted by Crippen LogP contribution is 2.43. The van der Waals surface area contributed by atoms with Crippen LogP contribution in [0.25, 0.3) is 11.3 Å². The van der Waals surface area contributed by atoms with Crippen molar-refractivity contribution in [2.45, 2.75) is 56.5 Å². The number of benzene rings is 1. The molecule has 0 radical (unpaired) electrons. The monoisotopic (exact) mass is 544 g/mol. The molecule has 1 aromatic carbocycles. The maximum atomic E-state index is 14.4. The Morgan fingerprint density at radius 1 is 1.30 bits per heavy atom. The standard InChI is InChI=1S/C28H38ClFN6S/c1-28(9-3-10-28)18-36(13-12-32-2)22-14-19(15-22)4-6-21(8-11-31)33-26-17-25(34-35-27(26)37)23-16-20(29)5-7-24(23)30/h5-8,11,16-17,19,22,32H,3-4,9-10,12-15,18,31H2,1-2H3,(H,33,34)(H,35,37)/b11-8-,21-6+. The van der Waals surface area contributed by atoms with Gasteiger partial charge in [0.05, 0.1) is 11.4 Å². The van der Waals surface area contributed by atoms with E-state index in [4.69, 9.17) is 17.3 Å². The summed E-state index contributed by atoms with van der Waals surface area (Å²) < 4.78 is 14.4. The fourth-order valence-corrected chi connectivity index (χ4v) is 5.62. The molecule has 2 fully saturated rings. The van der Waals surface area contributed by atoms with Crippen molar-refractivity contribution in [3.8, 4) is 11.3 Å². The maximum Gasteiger partial charge on any atom is 0.139 e. The van der Waals surface area contributed by atoms with Crippen molar-refractivity contribution < 1.29 is 4.39 Å². The fraction of sp³-hybridized carbons (Fsp3) is 0.500. The van der Waals surface area contributed by atoms with Crippen LogP contribution in [0.1, 0.15) is 45.4 Å². The molecule has 200 valence electrons. The van der Waals surface area contributed by atoms with E-state index < -0.39 is 5.82 Å². The molecule has 2 saturated carbocycles. The van der Waals surface area contributed by atoms with Gasteiger partial charge in [-0.1, -0.05) is 31.0 Å². The zero-order valence-corrected chi connectivity index (χ0v) is 23.3. The van der Waals surface area contributed by atoms with Crippen molar-refractivity contribution in [3.63, 3.8) is 0 Å². The topological polar surface area (TPSA) is 79.1 Å². The third kappa shape index (κ3) is 7.25. The van der Waals surface area contributed by atoms with Gasteiger partial charge >= 0.3 is 0 Å². The molecule has 0 atom stereocenters. The summed E-state index contributed by atoms with van der Waals surface area (Å²) in [5.41, 5.74) is 8.36. The van der Waals surface area contributed by atoms with Gasteiger partial charge in [-0.15, -0.1) is 22.8 Å². The average Bonchev–Trinajstić information content (AvgIpc) is 2.83. The Morgan fingerprint density at radius 3 is 2.76 bits per heavy atom. The van der Waals surface area contributed by atoms with Gasteiger partial charge in [0.1, 0.15) is 10.8 Å². The maximum absolute atomic E-state index is 14.4. The van der Waals surface area contributed by atoms with E-state index in [1.807, 2.05) is 13.1 Å².